The topological polar surface area (TPSA) is 24.9 Å². The largest absolute Gasteiger partial charge is 0.309 e. The van der Waals surface area contributed by atoms with Crippen molar-refractivity contribution in [3.05, 3.63) is 51.2 Å². The van der Waals surface area contributed by atoms with Crippen molar-refractivity contribution in [1.29, 1.82) is 0 Å². The van der Waals surface area contributed by atoms with Crippen LogP contribution in [0.5, 0.6) is 0 Å². The Morgan fingerprint density at radius 2 is 2.33 bits per heavy atom. The van der Waals surface area contributed by atoms with Crippen LogP contribution in [-0.2, 0) is 12.8 Å². The highest BCUT2D eigenvalue weighted by molar-refractivity contribution is 7.11. The van der Waals surface area contributed by atoms with Gasteiger partial charge in [-0.15, -0.1) is 11.3 Å². The van der Waals surface area contributed by atoms with E-state index in [9.17, 15) is 4.39 Å². The van der Waals surface area contributed by atoms with Crippen LogP contribution < -0.4 is 5.32 Å². The summed E-state index contributed by atoms with van der Waals surface area (Å²) >= 11 is 1.80. The van der Waals surface area contributed by atoms with Gasteiger partial charge in [0.15, 0.2) is 0 Å². The number of aryl methyl sites for hydroxylation is 1. The van der Waals surface area contributed by atoms with Gasteiger partial charge in [-0.05, 0) is 49.9 Å². The molecule has 0 spiro atoms. The van der Waals surface area contributed by atoms with E-state index in [1.807, 2.05) is 6.07 Å². The van der Waals surface area contributed by atoms with E-state index in [1.165, 1.54) is 29.5 Å². The Balaban J connectivity index is 1.78. The molecule has 4 heteroatoms. The number of halogens is 1. The monoisotopic (exact) mass is 304 g/mol. The molecule has 0 amide bonds. The standard InChI is InChI=1S/C17H21FN2S/c1-2-9-19-14-7-4-8-15-17(14)20-16(21-15)11-12-5-3-6-13(18)10-12/h3,5-6,10,14,19H,2,4,7-9,11H2,1H3. The Morgan fingerprint density at radius 3 is 3.14 bits per heavy atom. The minimum atomic E-state index is -0.170. The molecule has 0 saturated heterocycles. The molecule has 0 saturated carbocycles. The van der Waals surface area contributed by atoms with E-state index in [0.717, 1.165) is 36.4 Å². The summed E-state index contributed by atoms with van der Waals surface area (Å²) in [4.78, 5) is 6.26. The lowest BCUT2D eigenvalue weighted by molar-refractivity contribution is 0.454. The Morgan fingerprint density at radius 1 is 1.43 bits per heavy atom. The van der Waals surface area contributed by atoms with E-state index >= 15 is 0 Å². The first kappa shape index (κ1) is 14.7. The molecule has 112 valence electrons. The number of nitrogens with one attached hydrogen (secondary N) is 1. The zero-order valence-electron chi connectivity index (χ0n) is 12.4. The second-order valence-corrected chi connectivity index (χ2v) is 6.79. The summed E-state index contributed by atoms with van der Waals surface area (Å²) in [5.41, 5.74) is 2.24. The molecule has 1 heterocycles. The predicted octanol–water partition coefficient (Wildman–Crippen LogP) is 4.25. The number of hydrogen-bond acceptors (Lipinski definition) is 3. The molecule has 1 unspecified atom stereocenters. The summed E-state index contributed by atoms with van der Waals surface area (Å²) in [6.45, 7) is 3.23. The molecule has 1 atom stereocenters. The third kappa shape index (κ3) is 3.50. The number of benzene rings is 1. The van der Waals surface area contributed by atoms with Gasteiger partial charge in [0.25, 0.3) is 0 Å². The van der Waals surface area contributed by atoms with Gasteiger partial charge in [-0.2, -0.15) is 0 Å². The van der Waals surface area contributed by atoms with Crippen LogP contribution >= 0.6 is 11.3 Å². The Labute approximate surface area is 129 Å². The number of rotatable bonds is 5. The molecule has 2 aromatic rings. The van der Waals surface area contributed by atoms with Crippen LogP contribution in [0.25, 0.3) is 0 Å². The molecular formula is C17H21FN2S. The normalized spacial score (nSPS) is 17.7. The van der Waals surface area contributed by atoms with Crippen LogP contribution in [0.2, 0.25) is 0 Å². The Bertz CT molecular complexity index is 609. The summed E-state index contributed by atoms with van der Waals surface area (Å²) in [6, 6.07) is 7.24. The molecular weight excluding hydrogens is 283 g/mol. The van der Waals surface area contributed by atoms with E-state index in [4.69, 9.17) is 4.98 Å². The van der Waals surface area contributed by atoms with Crippen molar-refractivity contribution in [2.75, 3.05) is 6.54 Å². The maximum atomic E-state index is 13.3. The van der Waals surface area contributed by atoms with Gasteiger partial charge in [0.2, 0.25) is 0 Å². The first-order chi connectivity index (χ1) is 10.3. The molecule has 0 fully saturated rings. The van der Waals surface area contributed by atoms with Crippen LogP contribution in [0, 0.1) is 5.82 Å². The average molecular weight is 304 g/mol. The molecule has 3 rings (SSSR count). The van der Waals surface area contributed by atoms with Crippen LogP contribution in [0.1, 0.15) is 53.4 Å². The fourth-order valence-corrected chi connectivity index (χ4v) is 4.09. The zero-order chi connectivity index (χ0) is 14.7. The SMILES string of the molecule is CCCNC1CCCc2sc(Cc3cccc(F)c3)nc21. The van der Waals surface area contributed by atoms with Gasteiger partial charge in [-0.25, -0.2) is 9.37 Å². The predicted molar refractivity (Wildman–Crippen MR) is 85.3 cm³/mol. The summed E-state index contributed by atoms with van der Waals surface area (Å²) in [7, 11) is 0. The molecule has 2 nitrogen and oxygen atoms in total. The van der Waals surface area contributed by atoms with Crippen LogP contribution in [0.3, 0.4) is 0 Å². The van der Waals surface area contributed by atoms with Crippen LogP contribution in [-0.4, -0.2) is 11.5 Å². The van der Waals surface area contributed by atoms with E-state index in [1.54, 1.807) is 23.5 Å². The highest BCUT2D eigenvalue weighted by Crippen LogP contribution is 2.34. The minimum Gasteiger partial charge on any atom is -0.309 e. The third-order valence-electron chi connectivity index (χ3n) is 3.88. The fraction of sp³-hybridized carbons (Fsp3) is 0.471. The molecule has 1 aliphatic rings. The Hall–Kier alpha value is -1.26. The average Bonchev–Trinajstić information content (AvgIpc) is 2.88. The van der Waals surface area contributed by atoms with Gasteiger partial charge in [-0.3, -0.25) is 0 Å². The van der Waals surface area contributed by atoms with E-state index in [0.29, 0.717) is 6.04 Å². The lowest BCUT2D eigenvalue weighted by Crippen LogP contribution is -2.25. The molecule has 0 radical (unpaired) electrons. The van der Waals surface area contributed by atoms with E-state index in [2.05, 4.69) is 12.2 Å². The van der Waals surface area contributed by atoms with Gasteiger partial charge in [0.1, 0.15) is 5.82 Å². The smallest absolute Gasteiger partial charge is 0.123 e. The van der Waals surface area contributed by atoms with Crippen molar-refractivity contribution in [2.45, 2.75) is 45.1 Å². The van der Waals surface area contributed by atoms with Crippen molar-refractivity contribution in [2.24, 2.45) is 0 Å². The van der Waals surface area contributed by atoms with Crippen molar-refractivity contribution in [1.82, 2.24) is 10.3 Å². The highest BCUT2D eigenvalue weighted by atomic mass is 32.1. The fourth-order valence-electron chi connectivity index (χ4n) is 2.88. The molecule has 0 bridgehead atoms. The molecule has 1 aliphatic carbocycles. The molecule has 0 aliphatic heterocycles. The number of hydrogen-bond donors (Lipinski definition) is 1. The maximum absolute atomic E-state index is 13.3. The van der Waals surface area contributed by atoms with Crippen molar-refractivity contribution < 1.29 is 4.39 Å². The van der Waals surface area contributed by atoms with Crippen molar-refractivity contribution >= 4 is 11.3 Å². The number of aromatic nitrogens is 1. The van der Waals surface area contributed by atoms with Crippen LogP contribution in [0.4, 0.5) is 4.39 Å². The first-order valence-electron chi connectivity index (χ1n) is 7.72. The van der Waals surface area contributed by atoms with Crippen molar-refractivity contribution in [3.63, 3.8) is 0 Å². The van der Waals surface area contributed by atoms with Gasteiger partial charge in [0.05, 0.1) is 16.7 Å². The molecule has 21 heavy (non-hydrogen) atoms. The molecule has 1 N–H and O–H groups in total. The summed E-state index contributed by atoms with van der Waals surface area (Å²) < 4.78 is 13.3. The number of thiazole rings is 1. The molecule has 1 aromatic carbocycles. The molecule has 1 aromatic heterocycles. The maximum Gasteiger partial charge on any atom is 0.123 e. The quantitative estimate of drug-likeness (QED) is 0.893. The summed E-state index contributed by atoms with van der Waals surface area (Å²) in [5.74, 6) is -0.170. The minimum absolute atomic E-state index is 0.170. The second-order valence-electron chi connectivity index (χ2n) is 5.62. The third-order valence-corrected chi connectivity index (χ3v) is 5.01. The summed E-state index contributed by atoms with van der Waals surface area (Å²) in [6.07, 6.45) is 5.43. The van der Waals surface area contributed by atoms with E-state index < -0.39 is 0 Å². The Kier molecular flexibility index (Phi) is 4.66. The van der Waals surface area contributed by atoms with Crippen molar-refractivity contribution in [3.8, 4) is 0 Å². The number of fused-ring (bicyclic) bond motifs is 1. The van der Waals surface area contributed by atoms with Crippen LogP contribution in [0.15, 0.2) is 24.3 Å². The van der Waals surface area contributed by atoms with E-state index in [-0.39, 0.29) is 5.82 Å². The van der Waals surface area contributed by atoms with Gasteiger partial charge < -0.3 is 5.32 Å². The lowest BCUT2D eigenvalue weighted by atomic mass is 9.97. The van der Waals surface area contributed by atoms with Gasteiger partial charge in [0, 0.05) is 11.3 Å². The zero-order valence-corrected chi connectivity index (χ0v) is 13.2. The summed E-state index contributed by atoms with van der Waals surface area (Å²) in [5, 5.41) is 4.71. The highest BCUT2D eigenvalue weighted by Gasteiger charge is 2.24. The first-order valence-corrected chi connectivity index (χ1v) is 8.54. The van der Waals surface area contributed by atoms with Gasteiger partial charge in [-0.1, -0.05) is 19.1 Å². The van der Waals surface area contributed by atoms with Gasteiger partial charge >= 0.3 is 0 Å². The number of nitrogens with zero attached hydrogens (tertiary/aromatic N) is 1. The lowest BCUT2D eigenvalue weighted by Gasteiger charge is -2.22. The second kappa shape index (κ2) is 6.67.